The van der Waals surface area contributed by atoms with Crippen LogP contribution in [0.1, 0.15) is 120 Å². The minimum Gasteiger partial charge on any atom is -0.350 e. The number of amides is 5. The number of fused-ring (bicyclic) bond motifs is 1. The highest BCUT2D eigenvalue weighted by Gasteiger charge is 2.70. The molecule has 4 fully saturated rings. The van der Waals surface area contributed by atoms with E-state index in [0.29, 0.717) is 45.1 Å². The van der Waals surface area contributed by atoms with Gasteiger partial charge in [0, 0.05) is 13.1 Å². The van der Waals surface area contributed by atoms with Gasteiger partial charge in [-0.3, -0.25) is 19.2 Å². The number of hydrogen-bond acceptors (Lipinski definition) is 7. The second-order valence-corrected chi connectivity index (χ2v) is 18.2. The molecule has 0 spiro atoms. The first-order valence-electron chi connectivity index (χ1n) is 17.6. The van der Waals surface area contributed by atoms with E-state index in [9.17, 15) is 32.4 Å². The lowest BCUT2D eigenvalue weighted by Crippen LogP contribution is -2.65. The number of hydrogen-bond donors (Lipinski definition) is 4. The molecule has 4 rings (SSSR count). The zero-order chi connectivity index (χ0) is 34.9. The normalized spacial score (nSPS) is 27.8. The lowest BCUT2D eigenvalue weighted by molar-refractivity contribution is -0.145. The molecule has 0 bridgehead atoms. The summed E-state index contributed by atoms with van der Waals surface area (Å²) in [6.07, 6.45) is 6.55. The Hall–Kier alpha value is -2.70. The first-order chi connectivity index (χ1) is 21.9. The highest BCUT2D eigenvalue weighted by atomic mass is 32.2. The molecular formula is C35H61N5O7S. The summed E-state index contributed by atoms with van der Waals surface area (Å²) in [6, 6.07) is -3.46. The van der Waals surface area contributed by atoms with Crippen molar-refractivity contribution in [2.45, 2.75) is 149 Å². The molecule has 2 aliphatic carbocycles. The van der Waals surface area contributed by atoms with Crippen LogP contribution >= 0.6 is 0 Å². The van der Waals surface area contributed by atoms with Gasteiger partial charge in [-0.15, -0.1) is 0 Å². The topological polar surface area (TPSA) is 171 Å². The number of ketones is 1. The van der Waals surface area contributed by atoms with E-state index in [-0.39, 0.29) is 37.0 Å². The Morgan fingerprint density at radius 3 is 2.15 bits per heavy atom. The summed E-state index contributed by atoms with van der Waals surface area (Å²) >= 11 is 0. The molecule has 5 amide bonds. The van der Waals surface area contributed by atoms with Crippen LogP contribution in [0.4, 0.5) is 4.79 Å². The molecule has 0 aromatic rings. The molecule has 4 aliphatic rings. The number of carbonyl (C=O) groups is 5. The van der Waals surface area contributed by atoms with E-state index in [1.165, 1.54) is 4.90 Å². The first-order valence-corrected chi connectivity index (χ1v) is 19.4. The number of piperidine rings is 1. The van der Waals surface area contributed by atoms with Crippen molar-refractivity contribution in [3.05, 3.63) is 0 Å². The molecule has 2 saturated heterocycles. The van der Waals surface area contributed by atoms with E-state index in [4.69, 9.17) is 0 Å². The van der Waals surface area contributed by atoms with Crippen LogP contribution in [0.15, 0.2) is 0 Å². The van der Waals surface area contributed by atoms with E-state index >= 15 is 0 Å². The first kappa shape index (κ1) is 39.7. The molecule has 13 heteroatoms. The second-order valence-electron chi connectivity index (χ2n) is 15.9. The molecule has 4 N–H and O–H groups in total. The smallest absolute Gasteiger partial charge is 0.315 e. The van der Waals surface area contributed by atoms with Crippen LogP contribution in [0.2, 0.25) is 0 Å². The number of nitrogens with zero attached hydrogens (tertiary/aromatic N) is 1. The van der Waals surface area contributed by atoms with Gasteiger partial charge in [-0.2, -0.15) is 0 Å². The molecule has 12 nitrogen and oxygen atoms in total. The maximum atomic E-state index is 14.4. The maximum absolute atomic E-state index is 14.4. The quantitative estimate of drug-likeness (QED) is 0.227. The molecule has 2 saturated carbocycles. The van der Waals surface area contributed by atoms with E-state index in [0.717, 1.165) is 25.7 Å². The minimum absolute atomic E-state index is 0. The number of Topliss-reactive ketones (excluding diaryl/α,β-unsaturated/α-hetero) is 1. The third-order valence-electron chi connectivity index (χ3n) is 11.2. The molecule has 274 valence electrons. The number of likely N-dealkylation sites (N-methyl/N-ethyl adjacent to an activating group) is 1. The summed E-state index contributed by atoms with van der Waals surface area (Å²) in [5, 5.41) is 10.7. The van der Waals surface area contributed by atoms with Gasteiger partial charge in [-0.1, -0.05) is 81.1 Å². The predicted molar refractivity (Wildman–Crippen MR) is 186 cm³/mol. The molecule has 48 heavy (non-hydrogen) atoms. The number of rotatable bonds is 12. The van der Waals surface area contributed by atoms with Gasteiger partial charge in [-0.25, -0.2) is 13.2 Å². The molecule has 2 aliphatic heterocycles. The minimum atomic E-state index is -3.35. The fraction of sp³-hybridized carbons (Fsp3) is 0.857. The molecular weight excluding hydrogens is 634 g/mol. The Bertz CT molecular complexity index is 1330. The van der Waals surface area contributed by atoms with Crippen molar-refractivity contribution in [1.29, 1.82) is 0 Å². The lowest BCUT2D eigenvalue weighted by Gasteiger charge is -2.43. The number of likely N-dealkylation sites (tertiary alicyclic amines) is 1. The van der Waals surface area contributed by atoms with Crippen molar-refractivity contribution in [1.82, 2.24) is 26.2 Å². The Morgan fingerprint density at radius 2 is 1.60 bits per heavy atom. The average molecular weight is 696 g/mol. The number of carbonyl (C=O) groups excluding carboxylic acids is 5. The van der Waals surface area contributed by atoms with E-state index in [1.54, 1.807) is 6.92 Å². The van der Waals surface area contributed by atoms with Gasteiger partial charge in [0.1, 0.15) is 12.1 Å². The third kappa shape index (κ3) is 8.02. The predicted octanol–water partition coefficient (Wildman–Crippen LogP) is 3.48. The standard InChI is InChI=1S/C34H57N5O7S.CH4/c1-8-10-15-22(26(40)29(42)35-9-2)36-28(41)25-24-21(33(24,6)7)20-39(25)30(43)27(32(3,4)5)37-31(44)38-34(17-12-11-13-18-34)23-16-14-19-47(23,45)46;/h21-25,27H,8-20H2,1-7H3,(H,35,42)(H,36,41)(H2,37,38,44);1H4/t21-,22-,23+,24-,25-,27+;/m0./s1. The van der Waals surface area contributed by atoms with Gasteiger partial charge in [0.25, 0.3) is 5.91 Å². The van der Waals surface area contributed by atoms with Gasteiger partial charge in [0.15, 0.2) is 9.84 Å². The lowest BCUT2D eigenvalue weighted by atomic mass is 9.78. The summed E-state index contributed by atoms with van der Waals surface area (Å²) in [5.74, 6) is -2.27. The molecule has 0 unspecified atom stereocenters. The average Bonchev–Trinajstić information content (AvgIpc) is 3.30. The maximum Gasteiger partial charge on any atom is 0.315 e. The van der Waals surface area contributed by atoms with Crippen LogP contribution in [0.5, 0.6) is 0 Å². The van der Waals surface area contributed by atoms with Crippen LogP contribution in [0.25, 0.3) is 0 Å². The van der Waals surface area contributed by atoms with Gasteiger partial charge in [-0.05, 0) is 61.7 Å². The van der Waals surface area contributed by atoms with Crippen molar-refractivity contribution in [3.63, 3.8) is 0 Å². The fourth-order valence-corrected chi connectivity index (χ4v) is 10.8. The highest BCUT2D eigenvalue weighted by Crippen LogP contribution is 2.65. The van der Waals surface area contributed by atoms with Gasteiger partial charge in [0.2, 0.25) is 17.6 Å². The zero-order valence-electron chi connectivity index (χ0n) is 29.4. The van der Waals surface area contributed by atoms with Crippen molar-refractivity contribution >= 4 is 39.4 Å². The highest BCUT2D eigenvalue weighted by molar-refractivity contribution is 7.92. The number of nitrogens with one attached hydrogen (secondary N) is 4. The molecule has 0 radical (unpaired) electrons. The van der Waals surface area contributed by atoms with Crippen molar-refractivity contribution in [2.75, 3.05) is 18.8 Å². The van der Waals surface area contributed by atoms with E-state index < -0.39 is 73.7 Å². The SMILES string of the molecule is C.CCCC[C@H](NC(=O)[C@@H]1[C@@H]2[C@H](CN1C(=O)[C@@H](NC(=O)NC1([C@H]3CCCS3(=O)=O)CCCCC1)C(C)(C)C)C2(C)C)C(=O)C(=O)NCC. The van der Waals surface area contributed by atoms with Gasteiger partial charge >= 0.3 is 6.03 Å². The molecule has 0 aromatic carbocycles. The van der Waals surface area contributed by atoms with Gasteiger partial charge < -0.3 is 26.2 Å². The van der Waals surface area contributed by atoms with Crippen LogP contribution in [-0.2, 0) is 29.0 Å². The Morgan fingerprint density at radius 1 is 0.958 bits per heavy atom. The summed E-state index contributed by atoms with van der Waals surface area (Å²) in [4.78, 5) is 69.1. The molecule has 2 heterocycles. The molecule has 6 atom stereocenters. The third-order valence-corrected chi connectivity index (χ3v) is 13.7. The van der Waals surface area contributed by atoms with E-state index in [2.05, 4.69) is 35.1 Å². The second kappa shape index (κ2) is 15.0. The number of unbranched alkanes of at least 4 members (excludes halogenated alkanes) is 1. The van der Waals surface area contributed by atoms with Crippen molar-refractivity contribution in [3.8, 4) is 0 Å². The summed E-state index contributed by atoms with van der Waals surface area (Å²) < 4.78 is 26.1. The summed E-state index contributed by atoms with van der Waals surface area (Å²) in [6.45, 7) is 13.9. The largest absolute Gasteiger partial charge is 0.350 e. The van der Waals surface area contributed by atoms with Crippen molar-refractivity contribution < 1.29 is 32.4 Å². The Balaban J connectivity index is 0.00000625. The number of urea groups is 1. The van der Waals surface area contributed by atoms with Gasteiger partial charge in [0.05, 0.1) is 22.6 Å². The fourth-order valence-electron chi connectivity index (χ4n) is 8.48. The van der Waals surface area contributed by atoms with Crippen LogP contribution in [-0.4, -0.2) is 90.6 Å². The van der Waals surface area contributed by atoms with Crippen LogP contribution in [0.3, 0.4) is 0 Å². The van der Waals surface area contributed by atoms with Crippen LogP contribution < -0.4 is 21.3 Å². The van der Waals surface area contributed by atoms with Crippen molar-refractivity contribution in [2.24, 2.45) is 22.7 Å². The number of sulfone groups is 1. The Kier molecular flexibility index (Phi) is 12.5. The molecule has 0 aromatic heterocycles. The van der Waals surface area contributed by atoms with E-state index in [1.807, 2.05) is 27.7 Å². The monoisotopic (exact) mass is 695 g/mol. The summed E-state index contributed by atoms with van der Waals surface area (Å²) in [7, 11) is -3.35. The Labute approximate surface area is 288 Å². The summed E-state index contributed by atoms with van der Waals surface area (Å²) in [5.41, 5.74) is -1.81. The zero-order valence-corrected chi connectivity index (χ0v) is 30.2. The van der Waals surface area contributed by atoms with Crippen LogP contribution in [0, 0.1) is 22.7 Å².